The van der Waals surface area contributed by atoms with Crippen LogP contribution < -0.4 is 5.32 Å². The fourth-order valence-electron chi connectivity index (χ4n) is 1.66. The molecule has 0 spiro atoms. The van der Waals surface area contributed by atoms with E-state index in [-0.39, 0.29) is 0 Å². The topological polar surface area (TPSA) is 24.9 Å². The molecule has 0 unspecified atom stereocenters. The lowest BCUT2D eigenvalue weighted by molar-refractivity contribution is 1.09. The number of pyridine rings is 1. The molecule has 2 nitrogen and oxygen atoms in total. The summed E-state index contributed by atoms with van der Waals surface area (Å²) >= 11 is 5.35. The Morgan fingerprint density at radius 1 is 1.29 bits per heavy atom. The molecule has 0 aliphatic rings. The summed E-state index contributed by atoms with van der Waals surface area (Å²) < 4.78 is 1.19. The third-order valence-corrected chi connectivity index (χ3v) is 4.72. The Bertz CT molecular complexity index is 515. The minimum atomic E-state index is 0.850. The standard InChI is InChI=1S/C13H15BrN2S/c1-8-4-5-13(9(2)16-8)15-7-11-6-12(14)10(3)17-11/h4-6,15H,7H2,1-3H3. The molecule has 0 aromatic carbocycles. The van der Waals surface area contributed by atoms with Crippen molar-refractivity contribution in [1.29, 1.82) is 0 Å². The van der Waals surface area contributed by atoms with E-state index in [4.69, 9.17) is 0 Å². The molecule has 0 radical (unpaired) electrons. The lowest BCUT2D eigenvalue weighted by atomic mass is 10.2. The number of halogens is 1. The van der Waals surface area contributed by atoms with Gasteiger partial charge in [-0.25, -0.2) is 0 Å². The summed E-state index contributed by atoms with van der Waals surface area (Å²) in [6, 6.07) is 6.29. The Labute approximate surface area is 114 Å². The summed E-state index contributed by atoms with van der Waals surface area (Å²) in [5, 5.41) is 3.42. The molecule has 0 aliphatic heterocycles. The number of anilines is 1. The zero-order valence-electron chi connectivity index (χ0n) is 10.2. The van der Waals surface area contributed by atoms with E-state index in [1.165, 1.54) is 14.2 Å². The molecule has 0 aliphatic carbocycles. The molecule has 90 valence electrons. The molecule has 2 rings (SSSR count). The Morgan fingerprint density at radius 3 is 2.65 bits per heavy atom. The van der Waals surface area contributed by atoms with Gasteiger partial charge >= 0.3 is 0 Å². The number of hydrogen-bond acceptors (Lipinski definition) is 3. The summed E-state index contributed by atoms with van der Waals surface area (Å²) in [4.78, 5) is 7.09. The maximum Gasteiger partial charge on any atom is 0.0607 e. The van der Waals surface area contributed by atoms with Gasteiger partial charge in [0, 0.05) is 26.5 Å². The molecular formula is C13H15BrN2S. The van der Waals surface area contributed by atoms with Crippen LogP contribution in [0.2, 0.25) is 0 Å². The largest absolute Gasteiger partial charge is 0.379 e. The predicted molar refractivity (Wildman–Crippen MR) is 77.8 cm³/mol. The quantitative estimate of drug-likeness (QED) is 0.906. The van der Waals surface area contributed by atoms with Gasteiger partial charge in [0.05, 0.1) is 11.4 Å². The van der Waals surface area contributed by atoms with Gasteiger partial charge in [-0.2, -0.15) is 0 Å². The second-order valence-electron chi connectivity index (χ2n) is 4.06. The maximum atomic E-state index is 4.44. The van der Waals surface area contributed by atoms with Crippen molar-refractivity contribution in [1.82, 2.24) is 4.98 Å². The molecular weight excluding hydrogens is 296 g/mol. The molecule has 0 saturated carbocycles. The van der Waals surface area contributed by atoms with E-state index in [0.29, 0.717) is 0 Å². The third kappa shape index (κ3) is 3.07. The van der Waals surface area contributed by atoms with Crippen molar-refractivity contribution in [3.05, 3.63) is 43.8 Å². The molecule has 17 heavy (non-hydrogen) atoms. The average Bonchev–Trinajstić information content (AvgIpc) is 2.57. The number of thiophene rings is 1. The third-order valence-electron chi connectivity index (χ3n) is 2.59. The molecule has 1 N–H and O–H groups in total. The van der Waals surface area contributed by atoms with Crippen LogP contribution in [-0.2, 0) is 6.54 Å². The Kier molecular flexibility index (Phi) is 3.84. The SMILES string of the molecule is Cc1ccc(NCc2cc(Br)c(C)s2)c(C)n1. The van der Waals surface area contributed by atoms with Crippen molar-refractivity contribution >= 4 is 33.0 Å². The zero-order chi connectivity index (χ0) is 12.4. The Balaban J connectivity index is 2.07. The molecule has 0 atom stereocenters. The normalized spacial score (nSPS) is 10.6. The van der Waals surface area contributed by atoms with Crippen LogP contribution in [0.1, 0.15) is 21.1 Å². The average molecular weight is 311 g/mol. The fourth-order valence-corrected chi connectivity index (χ4v) is 3.20. The van der Waals surface area contributed by atoms with Crippen molar-refractivity contribution in [3.8, 4) is 0 Å². The van der Waals surface area contributed by atoms with Crippen molar-refractivity contribution < 1.29 is 0 Å². The van der Waals surface area contributed by atoms with Crippen LogP contribution in [0.5, 0.6) is 0 Å². The van der Waals surface area contributed by atoms with Gasteiger partial charge in [0.25, 0.3) is 0 Å². The van der Waals surface area contributed by atoms with Gasteiger partial charge in [-0.1, -0.05) is 0 Å². The van der Waals surface area contributed by atoms with E-state index >= 15 is 0 Å². The summed E-state index contributed by atoms with van der Waals surface area (Å²) in [5.41, 5.74) is 3.22. The van der Waals surface area contributed by atoms with Crippen LogP contribution in [0.4, 0.5) is 5.69 Å². The summed E-state index contributed by atoms with van der Waals surface area (Å²) in [6.07, 6.45) is 0. The molecule has 0 bridgehead atoms. The lowest BCUT2D eigenvalue weighted by Gasteiger charge is -2.08. The fraction of sp³-hybridized carbons (Fsp3) is 0.308. The van der Waals surface area contributed by atoms with Crippen LogP contribution in [0, 0.1) is 20.8 Å². The van der Waals surface area contributed by atoms with Gasteiger partial charge in [0.1, 0.15) is 0 Å². The summed E-state index contributed by atoms with van der Waals surface area (Å²) in [5.74, 6) is 0. The first-order chi connectivity index (χ1) is 8.06. The van der Waals surface area contributed by atoms with Gasteiger partial charge < -0.3 is 5.32 Å². The number of aromatic nitrogens is 1. The smallest absolute Gasteiger partial charge is 0.0607 e. The second kappa shape index (κ2) is 5.19. The van der Waals surface area contributed by atoms with Crippen LogP contribution in [-0.4, -0.2) is 4.98 Å². The zero-order valence-corrected chi connectivity index (χ0v) is 12.6. The molecule has 4 heteroatoms. The lowest BCUT2D eigenvalue weighted by Crippen LogP contribution is -2.01. The molecule has 2 heterocycles. The molecule has 2 aromatic heterocycles. The molecule has 0 fully saturated rings. The first kappa shape index (κ1) is 12.6. The van der Waals surface area contributed by atoms with Gasteiger partial charge in [-0.05, 0) is 54.9 Å². The maximum absolute atomic E-state index is 4.44. The minimum Gasteiger partial charge on any atom is -0.379 e. The van der Waals surface area contributed by atoms with Gasteiger partial charge in [-0.3, -0.25) is 4.98 Å². The second-order valence-corrected chi connectivity index (χ2v) is 6.25. The van der Waals surface area contributed by atoms with E-state index in [1.807, 2.05) is 31.3 Å². The first-order valence-corrected chi connectivity index (χ1v) is 7.10. The highest BCUT2D eigenvalue weighted by atomic mass is 79.9. The van der Waals surface area contributed by atoms with Crippen molar-refractivity contribution in [2.75, 3.05) is 5.32 Å². The molecule has 2 aromatic rings. The number of nitrogens with one attached hydrogen (secondary N) is 1. The van der Waals surface area contributed by atoms with Crippen LogP contribution in [0.25, 0.3) is 0 Å². The van der Waals surface area contributed by atoms with Gasteiger partial charge in [0.2, 0.25) is 0 Å². The first-order valence-electron chi connectivity index (χ1n) is 5.49. The van der Waals surface area contributed by atoms with E-state index in [0.717, 1.165) is 23.6 Å². The Hall–Kier alpha value is -0.870. The highest BCUT2D eigenvalue weighted by molar-refractivity contribution is 9.10. The highest BCUT2D eigenvalue weighted by Gasteiger charge is 2.04. The van der Waals surface area contributed by atoms with Gasteiger partial charge in [-0.15, -0.1) is 11.3 Å². The summed E-state index contributed by atoms with van der Waals surface area (Å²) in [6.45, 7) is 7.01. The highest BCUT2D eigenvalue weighted by Crippen LogP contribution is 2.27. The van der Waals surface area contributed by atoms with Crippen LogP contribution in [0.3, 0.4) is 0 Å². The molecule has 0 saturated heterocycles. The van der Waals surface area contributed by atoms with Crippen LogP contribution in [0.15, 0.2) is 22.7 Å². The van der Waals surface area contributed by atoms with Crippen molar-refractivity contribution in [2.45, 2.75) is 27.3 Å². The number of nitrogens with zero attached hydrogens (tertiary/aromatic N) is 1. The van der Waals surface area contributed by atoms with E-state index in [2.05, 4.69) is 45.3 Å². The number of hydrogen-bond donors (Lipinski definition) is 1. The van der Waals surface area contributed by atoms with E-state index in [1.54, 1.807) is 0 Å². The van der Waals surface area contributed by atoms with E-state index < -0.39 is 0 Å². The van der Waals surface area contributed by atoms with Crippen molar-refractivity contribution in [2.24, 2.45) is 0 Å². The number of aryl methyl sites for hydroxylation is 3. The van der Waals surface area contributed by atoms with Crippen molar-refractivity contribution in [3.63, 3.8) is 0 Å². The van der Waals surface area contributed by atoms with Crippen LogP contribution >= 0.6 is 27.3 Å². The minimum absolute atomic E-state index is 0.850. The number of rotatable bonds is 3. The molecule has 0 amide bonds. The monoisotopic (exact) mass is 310 g/mol. The van der Waals surface area contributed by atoms with Gasteiger partial charge in [0.15, 0.2) is 0 Å². The Morgan fingerprint density at radius 2 is 2.06 bits per heavy atom. The van der Waals surface area contributed by atoms with E-state index in [9.17, 15) is 0 Å². The summed E-state index contributed by atoms with van der Waals surface area (Å²) in [7, 11) is 0. The predicted octanol–water partition coefficient (Wildman–Crippen LogP) is 4.44.